The average molecular weight is 325 g/mol. The van der Waals surface area contributed by atoms with Crippen LogP contribution in [0.4, 0.5) is 0 Å². The van der Waals surface area contributed by atoms with Gasteiger partial charge >= 0.3 is 0 Å². The molecule has 1 aliphatic heterocycles. The lowest BCUT2D eigenvalue weighted by Gasteiger charge is -2.32. The standard InChI is InChI=1S/C20H23NO3/c1-23-19-9-8-16(12-20(19)24-2)17-14-21(11-10-18(17)22)13-15-6-4-3-5-7-15/h3-9,12,17H,10-11,13-14H2,1-2H3. The van der Waals surface area contributed by atoms with Gasteiger partial charge in [-0.1, -0.05) is 36.4 Å². The number of carbonyl (C=O) groups excluding carboxylic acids is 1. The van der Waals surface area contributed by atoms with Gasteiger partial charge in [-0.3, -0.25) is 9.69 Å². The second-order valence-electron chi connectivity index (χ2n) is 6.10. The van der Waals surface area contributed by atoms with Gasteiger partial charge in [-0.05, 0) is 23.3 Å². The zero-order valence-electron chi connectivity index (χ0n) is 14.2. The van der Waals surface area contributed by atoms with E-state index in [0.717, 1.165) is 25.2 Å². The van der Waals surface area contributed by atoms with Crippen LogP contribution in [0, 0.1) is 0 Å². The van der Waals surface area contributed by atoms with E-state index in [0.29, 0.717) is 23.7 Å². The van der Waals surface area contributed by atoms with E-state index in [1.54, 1.807) is 14.2 Å². The molecule has 1 unspecified atom stereocenters. The van der Waals surface area contributed by atoms with Crippen molar-refractivity contribution < 1.29 is 14.3 Å². The molecule has 1 atom stereocenters. The zero-order valence-corrected chi connectivity index (χ0v) is 14.2. The number of hydrogen-bond acceptors (Lipinski definition) is 4. The minimum atomic E-state index is -0.109. The van der Waals surface area contributed by atoms with Gasteiger partial charge in [0, 0.05) is 26.1 Å². The minimum absolute atomic E-state index is 0.109. The number of rotatable bonds is 5. The number of nitrogens with zero attached hydrogens (tertiary/aromatic N) is 1. The Morgan fingerprint density at radius 3 is 2.50 bits per heavy atom. The lowest BCUT2D eigenvalue weighted by molar-refractivity contribution is -0.123. The van der Waals surface area contributed by atoms with E-state index < -0.39 is 0 Å². The monoisotopic (exact) mass is 325 g/mol. The highest BCUT2D eigenvalue weighted by Gasteiger charge is 2.29. The Morgan fingerprint density at radius 1 is 1.04 bits per heavy atom. The predicted molar refractivity (Wildman–Crippen MR) is 93.6 cm³/mol. The molecule has 1 aliphatic rings. The normalized spacial score (nSPS) is 18.4. The Kier molecular flexibility index (Phi) is 5.16. The average Bonchev–Trinajstić information content (AvgIpc) is 2.63. The van der Waals surface area contributed by atoms with E-state index in [1.807, 2.05) is 24.3 Å². The first-order valence-electron chi connectivity index (χ1n) is 8.22. The van der Waals surface area contributed by atoms with Crippen LogP contribution in [0.1, 0.15) is 23.5 Å². The van der Waals surface area contributed by atoms with Crippen molar-refractivity contribution in [1.82, 2.24) is 4.90 Å². The van der Waals surface area contributed by atoms with Gasteiger partial charge in [-0.2, -0.15) is 0 Å². The van der Waals surface area contributed by atoms with Gasteiger partial charge in [0.15, 0.2) is 11.5 Å². The molecule has 2 aromatic carbocycles. The van der Waals surface area contributed by atoms with Crippen LogP contribution < -0.4 is 9.47 Å². The number of piperidine rings is 1. The Balaban J connectivity index is 1.77. The topological polar surface area (TPSA) is 38.8 Å². The first-order valence-corrected chi connectivity index (χ1v) is 8.22. The fraction of sp³-hybridized carbons (Fsp3) is 0.350. The number of ketones is 1. The molecule has 0 bridgehead atoms. The molecule has 126 valence electrons. The Morgan fingerprint density at radius 2 is 1.79 bits per heavy atom. The van der Waals surface area contributed by atoms with E-state index in [1.165, 1.54) is 5.56 Å². The molecule has 0 saturated carbocycles. The van der Waals surface area contributed by atoms with Gasteiger partial charge in [0.05, 0.1) is 20.1 Å². The van der Waals surface area contributed by atoms with Crippen molar-refractivity contribution in [3.63, 3.8) is 0 Å². The highest BCUT2D eigenvalue weighted by molar-refractivity contribution is 5.87. The maximum atomic E-state index is 12.4. The molecular weight excluding hydrogens is 302 g/mol. The molecule has 2 aromatic rings. The summed E-state index contributed by atoms with van der Waals surface area (Å²) >= 11 is 0. The van der Waals surface area contributed by atoms with Crippen molar-refractivity contribution >= 4 is 5.78 Å². The fourth-order valence-corrected chi connectivity index (χ4v) is 3.24. The van der Waals surface area contributed by atoms with E-state index in [2.05, 4.69) is 29.2 Å². The van der Waals surface area contributed by atoms with Crippen molar-refractivity contribution in [2.45, 2.75) is 18.9 Å². The molecule has 1 heterocycles. The highest BCUT2D eigenvalue weighted by atomic mass is 16.5. The summed E-state index contributed by atoms with van der Waals surface area (Å²) in [6.45, 7) is 2.43. The van der Waals surface area contributed by atoms with Gasteiger partial charge in [-0.25, -0.2) is 0 Å². The highest BCUT2D eigenvalue weighted by Crippen LogP contribution is 2.33. The second-order valence-corrected chi connectivity index (χ2v) is 6.10. The molecule has 0 aliphatic carbocycles. The molecule has 0 N–H and O–H groups in total. The molecule has 0 amide bonds. The van der Waals surface area contributed by atoms with Gasteiger partial charge in [-0.15, -0.1) is 0 Å². The molecule has 0 aromatic heterocycles. The summed E-state index contributed by atoms with van der Waals surface area (Å²) < 4.78 is 10.7. The number of ether oxygens (including phenoxy) is 2. The maximum Gasteiger partial charge on any atom is 0.161 e. The number of hydrogen-bond donors (Lipinski definition) is 0. The largest absolute Gasteiger partial charge is 0.493 e. The fourth-order valence-electron chi connectivity index (χ4n) is 3.24. The Bertz CT molecular complexity index is 699. The van der Waals surface area contributed by atoms with Crippen LogP contribution in [0.15, 0.2) is 48.5 Å². The smallest absolute Gasteiger partial charge is 0.161 e. The van der Waals surface area contributed by atoms with E-state index >= 15 is 0 Å². The number of likely N-dealkylation sites (tertiary alicyclic amines) is 1. The van der Waals surface area contributed by atoms with Crippen LogP contribution in [0.2, 0.25) is 0 Å². The molecule has 24 heavy (non-hydrogen) atoms. The third-order valence-electron chi connectivity index (χ3n) is 4.56. The summed E-state index contributed by atoms with van der Waals surface area (Å²) in [5, 5.41) is 0. The second kappa shape index (κ2) is 7.49. The molecule has 4 nitrogen and oxygen atoms in total. The van der Waals surface area contributed by atoms with Crippen LogP contribution >= 0.6 is 0 Å². The third kappa shape index (κ3) is 3.60. The lowest BCUT2D eigenvalue weighted by Crippen LogP contribution is -2.39. The zero-order chi connectivity index (χ0) is 16.9. The van der Waals surface area contributed by atoms with Crippen LogP contribution in [0.3, 0.4) is 0 Å². The third-order valence-corrected chi connectivity index (χ3v) is 4.56. The first kappa shape index (κ1) is 16.5. The summed E-state index contributed by atoms with van der Waals surface area (Å²) in [6, 6.07) is 16.1. The molecule has 4 heteroatoms. The summed E-state index contributed by atoms with van der Waals surface area (Å²) in [7, 11) is 3.23. The van der Waals surface area contributed by atoms with E-state index in [4.69, 9.17) is 9.47 Å². The SMILES string of the molecule is COc1ccc(C2CN(Cc3ccccc3)CCC2=O)cc1OC. The number of methoxy groups -OCH3 is 2. The maximum absolute atomic E-state index is 12.4. The number of Topliss-reactive ketones (excluding diaryl/α,β-unsaturated/α-hetero) is 1. The molecule has 1 saturated heterocycles. The van der Waals surface area contributed by atoms with Crippen molar-refractivity contribution in [2.75, 3.05) is 27.3 Å². The first-order chi connectivity index (χ1) is 11.7. The van der Waals surface area contributed by atoms with E-state index in [-0.39, 0.29) is 5.92 Å². The van der Waals surface area contributed by atoms with Crippen LogP contribution in [-0.4, -0.2) is 38.0 Å². The van der Waals surface area contributed by atoms with Gasteiger partial charge in [0.25, 0.3) is 0 Å². The Labute approximate surface area is 143 Å². The van der Waals surface area contributed by atoms with Crippen molar-refractivity contribution in [1.29, 1.82) is 0 Å². The van der Waals surface area contributed by atoms with Crippen LogP contribution in [0.25, 0.3) is 0 Å². The predicted octanol–water partition coefficient (Wildman–Crippen LogP) is 3.26. The van der Waals surface area contributed by atoms with Crippen molar-refractivity contribution in [3.8, 4) is 11.5 Å². The van der Waals surface area contributed by atoms with E-state index in [9.17, 15) is 4.79 Å². The minimum Gasteiger partial charge on any atom is -0.493 e. The molecule has 1 fully saturated rings. The number of carbonyl (C=O) groups is 1. The van der Waals surface area contributed by atoms with Gasteiger partial charge in [0.1, 0.15) is 5.78 Å². The summed E-state index contributed by atoms with van der Waals surface area (Å²) in [4.78, 5) is 14.8. The van der Waals surface area contributed by atoms with Crippen LogP contribution in [-0.2, 0) is 11.3 Å². The van der Waals surface area contributed by atoms with Crippen molar-refractivity contribution in [3.05, 3.63) is 59.7 Å². The molecule has 0 radical (unpaired) electrons. The molecule has 0 spiro atoms. The quantitative estimate of drug-likeness (QED) is 0.846. The molecular formula is C20H23NO3. The Hall–Kier alpha value is -2.33. The van der Waals surface area contributed by atoms with Gasteiger partial charge < -0.3 is 9.47 Å². The molecule has 3 rings (SSSR count). The summed E-state index contributed by atoms with van der Waals surface area (Å²) in [5.74, 6) is 1.54. The van der Waals surface area contributed by atoms with Crippen molar-refractivity contribution in [2.24, 2.45) is 0 Å². The lowest BCUT2D eigenvalue weighted by atomic mass is 9.89. The van der Waals surface area contributed by atoms with Gasteiger partial charge in [0.2, 0.25) is 0 Å². The summed E-state index contributed by atoms with van der Waals surface area (Å²) in [5.41, 5.74) is 2.27. The summed E-state index contributed by atoms with van der Waals surface area (Å²) in [6.07, 6.45) is 0.589. The van der Waals surface area contributed by atoms with Crippen LogP contribution in [0.5, 0.6) is 11.5 Å². The number of benzene rings is 2.